The first-order valence-electron chi connectivity index (χ1n) is 10.8. The zero-order valence-electron chi connectivity index (χ0n) is 19.7. The molecule has 0 aromatic carbocycles. The molecule has 0 amide bonds. The van der Waals surface area contributed by atoms with Gasteiger partial charge in [-0.2, -0.15) is 4.98 Å². The van der Waals surface area contributed by atoms with E-state index in [0.29, 0.717) is 0 Å². The van der Waals surface area contributed by atoms with Crippen molar-refractivity contribution in [2.24, 2.45) is 11.7 Å². The molecule has 0 aliphatic carbocycles. The highest BCUT2D eigenvalue weighted by molar-refractivity contribution is 6.65. The SMILES string of the molecule is C=CCn1c(=O)n([C@@H]2O[C@H](COC(=O)[C@@H](N)C(C)C)[C@@H](O)[C@H]2O)c2nc(N)[nH]c(=O)c21.C[B]C=O. The van der Waals surface area contributed by atoms with Crippen LogP contribution in [0.4, 0.5) is 5.95 Å². The Labute approximate surface area is 200 Å². The molecule has 3 rings (SSSR count). The van der Waals surface area contributed by atoms with Gasteiger partial charge in [-0.3, -0.25) is 19.1 Å². The number of nitrogen functional groups attached to an aromatic ring is 1. The summed E-state index contributed by atoms with van der Waals surface area (Å²) in [6, 6.07) is -0.863. The maximum atomic E-state index is 13.0. The van der Waals surface area contributed by atoms with Crippen molar-refractivity contribution in [3.8, 4) is 0 Å². The van der Waals surface area contributed by atoms with Gasteiger partial charge in [-0.1, -0.05) is 26.7 Å². The number of hydrogen-bond donors (Lipinski definition) is 5. The Morgan fingerprint density at radius 2 is 2.00 bits per heavy atom. The summed E-state index contributed by atoms with van der Waals surface area (Å²) in [6.45, 7) is 8.33. The molecule has 2 aromatic rings. The molecule has 3 heterocycles. The number of aliphatic hydroxyl groups is 2. The average Bonchev–Trinajstić information content (AvgIpc) is 3.24. The summed E-state index contributed by atoms with van der Waals surface area (Å²) in [7, 11) is 1.44. The molecule has 0 unspecified atom stereocenters. The number of anilines is 1. The first kappa shape index (κ1) is 28.0. The number of imidazole rings is 1. The molecule has 1 aliphatic heterocycles. The first-order valence-corrected chi connectivity index (χ1v) is 10.8. The monoisotopic (exact) mass is 493 g/mol. The van der Waals surface area contributed by atoms with Gasteiger partial charge in [0.2, 0.25) is 5.95 Å². The summed E-state index contributed by atoms with van der Waals surface area (Å²) in [5.74, 6) is -1.10. The van der Waals surface area contributed by atoms with Crippen LogP contribution in [0.15, 0.2) is 22.2 Å². The van der Waals surface area contributed by atoms with E-state index < -0.39 is 54.4 Å². The van der Waals surface area contributed by atoms with E-state index in [2.05, 4.69) is 16.5 Å². The van der Waals surface area contributed by atoms with Crippen LogP contribution in [0.5, 0.6) is 0 Å². The van der Waals surface area contributed by atoms with Crippen molar-refractivity contribution in [1.29, 1.82) is 0 Å². The lowest BCUT2D eigenvalue weighted by Gasteiger charge is -2.18. The summed E-state index contributed by atoms with van der Waals surface area (Å²) in [6.07, 6.45) is -3.47. The van der Waals surface area contributed by atoms with Gasteiger partial charge >= 0.3 is 11.7 Å². The summed E-state index contributed by atoms with van der Waals surface area (Å²) >= 11 is 0. The van der Waals surface area contributed by atoms with E-state index in [-0.39, 0.29) is 29.6 Å². The number of nitrogens with zero attached hydrogens (tertiary/aromatic N) is 3. The van der Waals surface area contributed by atoms with Crippen LogP contribution in [0.3, 0.4) is 0 Å². The second-order valence-electron chi connectivity index (χ2n) is 8.09. The third kappa shape index (κ3) is 5.87. The molecule has 7 N–H and O–H groups in total. The van der Waals surface area contributed by atoms with E-state index in [0.717, 1.165) is 15.3 Å². The predicted molar refractivity (Wildman–Crippen MR) is 127 cm³/mol. The van der Waals surface area contributed by atoms with E-state index in [1.807, 2.05) is 0 Å². The number of esters is 1. The summed E-state index contributed by atoms with van der Waals surface area (Å²) in [5, 5.41) is 20.9. The molecular formula is C20H30BN6O8. The van der Waals surface area contributed by atoms with E-state index in [1.54, 1.807) is 20.7 Å². The highest BCUT2D eigenvalue weighted by atomic mass is 16.6. The Balaban J connectivity index is 0.00000100. The number of rotatable bonds is 8. The quantitative estimate of drug-likeness (QED) is 0.114. The number of carbonyl (C=O) groups excluding carboxylic acids is 2. The van der Waals surface area contributed by atoms with Crippen LogP contribution in [0.2, 0.25) is 6.82 Å². The number of nitrogens with two attached hydrogens (primary N) is 2. The molecule has 35 heavy (non-hydrogen) atoms. The van der Waals surface area contributed by atoms with Gasteiger partial charge in [0.05, 0.1) is 6.19 Å². The van der Waals surface area contributed by atoms with Crippen molar-refractivity contribution in [2.75, 3.05) is 12.3 Å². The van der Waals surface area contributed by atoms with Crippen molar-refractivity contribution in [3.63, 3.8) is 0 Å². The van der Waals surface area contributed by atoms with Crippen molar-refractivity contribution >= 4 is 36.5 Å². The number of fused-ring (bicyclic) bond motifs is 1. The highest BCUT2D eigenvalue weighted by Gasteiger charge is 2.46. The maximum Gasteiger partial charge on any atom is 0.333 e. The normalized spacial score (nSPS) is 22.4. The number of aliphatic hydroxyl groups excluding tert-OH is 2. The number of ether oxygens (including phenoxy) is 2. The van der Waals surface area contributed by atoms with Crippen LogP contribution in [0.1, 0.15) is 20.1 Å². The van der Waals surface area contributed by atoms with Gasteiger partial charge in [0, 0.05) is 6.54 Å². The zero-order valence-corrected chi connectivity index (χ0v) is 19.7. The Hall–Kier alpha value is -3.27. The van der Waals surface area contributed by atoms with Gasteiger partial charge in [-0.25, -0.2) is 9.36 Å². The molecule has 2 aromatic heterocycles. The van der Waals surface area contributed by atoms with Crippen molar-refractivity contribution in [2.45, 2.75) is 57.8 Å². The molecule has 191 valence electrons. The number of H-pyrrole nitrogens is 1. The van der Waals surface area contributed by atoms with E-state index in [4.69, 9.17) is 25.7 Å². The van der Waals surface area contributed by atoms with E-state index in [9.17, 15) is 24.6 Å². The van der Waals surface area contributed by atoms with Gasteiger partial charge in [0.25, 0.3) is 5.56 Å². The Morgan fingerprint density at radius 3 is 2.54 bits per heavy atom. The van der Waals surface area contributed by atoms with E-state index in [1.165, 1.54) is 13.4 Å². The fourth-order valence-corrected chi connectivity index (χ4v) is 3.34. The Bertz CT molecular complexity index is 1170. The second-order valence-corrected chi connectivity index (χ2v) is 8.09. The van der Waals surface area contributed by atoms with Crippen LogP contribution in [-0.2, 0) is 25.6 Å². The molecule has 0 saturated carbocycles. The van der Waals surface area contributed by atoms with Crippen molar-refractivity contribution in [1.82, 2.24) is 19.1 Å². The number of aromatic nitrogens is 4. The van der Waals surface area contributed by atoms with Gasteiger partial charge < -0.3 is 35.9 Å². The standard InChI is InChI=1S/C18H26N6O7.C2H4BO/c1-4-5-23-10-13(21-17(20)22-14(10)27)24(18(23)29)15-12(26)11(25)8(31-15)6-30-16(28)9(19)7(2)3;1-3-2-4/h4,7-9,11-12,15,25-26H,1,5-6,19H2,2-3H3,(H3,20,21,22,27);2H,1H3/t8-,9+,11-,12-,15-;/m1./s1. The lowest BCUT2D eigenvalue weighted by molar-refractivity contribution is -0.152. The van der Waals surface area contributed by atoms with Crippen molar-refractivity contribution in [3.05, 3.63) is 33.5 Å². The average molecular weight is 493 g/mol. The number of hydrogen-bond acceptors (Lipinski definition) is 11. The maximum absolute atomic E-state index is 13.0. The molecule has 0 spiro atoms. The highest BCUT2D eigenvalue weighted by Crippen LogP contribution is 2.30. The molecule has 0 bridgehead atoms. The molecule has 1 saturated heterocycles. The molecule has 1 aliphatic rings. The Kier molecular flexibility index (Phi) is 9.53. The van der Waals surface area contributed by atoms with Gasteiger partial charge in [-0.15, -0.1) is 6.58 Å². The first-order chi connectivity index (χ1) is 16.5. The van der Waals surface area contributed by atoms with E-state index >= 15 is 0 Å². The molecule has 15 heteroatoms. The molecule has 1 fully saturated rings. The van der Waals surface area contributed by atoms with Crippen molar-refractivity contribution < 1.29 is 29.3 Å². The fourth-order valence-electron chi connectivity index (χ4n) is 3.34. The third-order valence-corrected chi connectivity index (χ3v) is 5.25. The minimum absolute atomic E-state index is 0.0173. The minimum Gasteiger partial charge on any atom is -0.462 e. The largest absolute Gasteiger partial charge is 0.462 e. The van der Waals surface area contributed by atoms with Gasteiger partial charge in [0.1, 0.15) is 31.0 Å². The van der Waals surface area contributed by atoms with Crippen LogP contribution in [0.25, 0.3) is 11.2 Å². The smallest absolute Gasteiger partial charge is 0.333 e. The fraction of sp³-hybridized carbons (Fsp3) is 0.550. The second kappa shape index (κ2) is 11.9. The summed E-state index contributed by atoms with van der Waals surface area (Å²) < 4.78 is 12.7. The van der Waals surface area contributed by atoms with Crippen LogP contribution >= 0.6 is 0 Å². The molecule has 14 nitrogen and oxygen atoms in total. The third-order valence-electron chi connectivity index (χ3n) is 5.25. The minimum atomic E-state index is -1.58. The molecule has 5 atom stereocenters. The molecular weight excluding hydrogens is 463 g/mol. The van der Waals surface area contributed by atoms with Crippen LogP contribution in [-0.4, -0.2) is 79.7 Å². The number of carbonyl (C=O) groups is 2. The zero-order chi connectivity index (χ0) is 26.4. The summed E-state index contributed by atoms with van der Waals surface area (Å²) in [5.41, 5.74) is 9.72. The lowest BCUT2D eigenvalue weighted by atomic mass is 9.86. The van der Waals surface area contributed by atoms with Gasteiger partial charge in [-0.05, 0) is 5.92 Å². The number of allylic oxidation sites excluding steroid dienone is 1. The molecule has 1 radical (unpaired) electrons. The number of nitrogens with one attached hydrogen (secondary N) is 1. The Morgan fingerprint density at radius 1 is 1.37 bits per heavy atom. The predicted octanol–water partition coefficient (Wildman–Crippen LogP) is -2.27. The van der Waals surface area contributed by atoms with Gasteiger partial charge in [0.15, 0.2) is 24.7 Å². The number of aromatic amines is 1. The topological polar surface area (TPSA) is 218 Å². The lowest BCUT2D eigenvalue weighted by Crippen LogP contribution is -2.40. The van der Waals surface area contributed by atoms with Crippen LogP contribution in [0, 0.1) is 5.92 Å². The van der Waals surface area contributed by atoms with Crippen LogP contribution < -0.4 is 22.7 Å². The summed E-state index contributed by atoms with van der Waals surface area (Å²) in [4.78, 5) is 52.8.